The summed E-state index contributed by atoms with van der Waals surface area (Å²) in [4.78, 5) is 2.26. The fraction of sp³-hybridized carbons (Fsp3) is 0.786. The van der Waals surface area contributed by atoms with Crippen LogP contribution < -0.4 is 11.3 Å². The van der Waals surface area contributed by atoms with Crippen LogP contribution in [0.25, 0.3) is 0 Å². The van der Waals surface area contributed by atoms with E-state index < -0.39 is 0 Å². The van der Waals surface area contributed by atoms with Crippen molar-refractivity contribution in [1.82, 2.24) is 20.1 Å². The molecule has 0 aliphatic heterocycles. The van der Waals surface area contributed by atoms with E-state index in [1.807, 2.05) is 18.7 Å². The monoisotopic (exact) mass is 301 g/mol. The van der Waals surface area contributed by atoms with E-state index in [0.29, 0.717) is 0 Å². The predicted molar refractivity (Wildman–Crippen MR) is 84.8 cm³/mol. The quantitative estimate of drug-likeness (QED) is 0.596. The summed E-state index contributed by atoms with van der Waals surface area (Å²) >= 11 is 6.37. The molecule has 0 saturated carbocycles. The molecule has 1 aromatic rings. The number of nitrogens with one attached hydrogen (secondary N) is 1. The summed E-state index contributed by atoms with van der Waals surface area (Å²) in [7, 11) is 6.14. The zero-order chi connectivity index (χ0) is 15.5. The van der Waals surface area contributed by atoms with E-state index >= 15 is 0 Å². The van der Waals surface area contributed by atoms with Crippen molar-refractivity contribution < 1.29 is 0 Å². The zero-order valence-electron chi connectivity index (χ0n) is 13.5. The molecule has 1 atom stereocenters. The standard InChI is InChI=1S/C14H28ClN5/c1-7-14(8-2,19(4)5)12(17-16)9-11-13(15)10(3)18-20(11)6/h12,17H,7-9,16H2,1-6H3. The Morgan fingerprint density at radius 1 is 1.40 bits per heavy atom. The maximum atomic E-state index is 6.37. The average Bonchev–Trinajstić information content (AvgIpc) is 2.64. The molecule has 0 radical (unpaired) electrons. The van der Waals surface area contributed by atoms with Crippen molar-refractivity contribution >= 4 is 11.6 Å². The molecule has 1 rings (SSSR count). The third-order valence-corrected chi connectivity index (χ3v) is 5.12. The zero-order valence-corrected chi connectivity index (χ0v) is 14.3. The lowest BCUT2D eigenvalue weighted by Gasteiger charge is -2.45. The first-order chi connectivity index (χ1) is 9.33. The van der Waals surface area contributed by atoms with Gasteiger partial charge in [-0.25, -0.2) is 0 Å². The Hall–Kier alpha value is -0.620. The minimum absolute atomic E-state index is 0.00372. The molecule has 1 unspecified atom stereocenters. The molecule has 0 amide bonds. The molecular weight excluding hydrogens is 274 g/mol. The van der Waals surface area contributed by atoms with Crippen LogP contribution in [0.3, 0.4) is 0 Å². The van der Waals surface area contributed by atoms with E-state index in [1.54, 1.807) is 0 Å². The van der Waals surface area contributed by atoms with Crippen LogP contribution >= 0.6 is 11.6 Å². The Morgan fingerprint density at radius 2 is 1.95 bits per heavy atom. The number of aromatic nitrogens is 2. The molecule has 0 fully saturated rings. The number of hydrogen-bond donors (Lipinski definition) is 2. The van der Waals surface area contributed by atoms with Gasteiger partial charge in [0.1, 0.15) is 0 Å². The van der Waals surface area contributed by atoms with Gasteiger partial charge in [0, 0.05) is 25.0 Å². The van der Waals surface area contributed by atoms with E-state index in [-0.39, 0.29) is 11.6 Å². The van der Waals surface area contributed by atoms with Crippen LogP contribution in [0.2, 0.25) is 5.02 Å². The first-order valence-electron chi connectivity index (χ1n) is 7.15. The highest BCUT2D eigenvalue weighted by Gasteiger charge is 2.38. The lowest BCUT2D eigenvalue weighted by Crippen LogP contribution is -2.61. The molecule has 20 heavy (non-hydrogen) atoms. The Morgan fingerprint density at radius 3 is 2.25 bits per heavy atom. The fourth-order valence-electron chi connectivity index (χ4n) is 3.19. The Kier molecular flexibility index (Phi) is 6.01. The number of rotatable bonds is 7. The normalized spacial score (nSPS) is 14.1. The second kappa shape index (κ2) is 6.89. The first-order valence-corrected chi connectivity index (χ1v) is 7.53. The largest absolute Gasteiger partial charge is 0.302 e. The van der Waals surface area contributed by atoms with Crippen LogP contribution in [0.15, 0.2) is 0 Å². The van der Waals surface area contributed by atoms with Crippen LogP contribution in [0.4, 0.5) is 0 Å². The van der Waals surface area contributed by atoms with Gasteiger partial charge in [0.25, 0.3) is 0 Å². The molecule has 5 nitrogen and oxygen atoms in total. The molecular formula is C14H28ClN5. The van der Waals surface area contributed by atoms with Crippen molar-refractivity contribution in [2.75, 3.05) is 14.1 Å². The number of nitrogens with zero attached hydrogens (tertiary/aromatic N) is 3. The van der Waals surface area contributed by atoms with E-state index in [2.05, 4.69) is 43.4 Å². The maximum absolute atomic E-state index is 6.37. The highest BCUT2D eigenvalue weighted by Crippen LogP contribution is 2.30. The number of nitrogens with two attached hydrogens (primary N) is 1. The SMILES string of the molecule is CCC(CC)(C(Cc1c(Cl)c(C)nn1C)NN)N(C)C. The summed E-state index contributed by atoms with van der Waals surface area (Å²) in [5, 5.41) is 5.12. The molecule has 1 heterocycles. The maximum Gasteiger partial charge on any atom is 0.0847 e. The van der Waals surface area contributed by atoms with Gasteiger partial charge in [0.2, 0.25) is 0 Å². The van der Waals surface area contributed by atoms with E-state index in [4.69, 9.17) is 17.4 Å². The van der Waals surface area contributed by atoms with Crippen LogP contribution in [-0.2, 0) is 13.5 Å². The summed E-state index contributed by atoms with van der Waals surface area (Å²) < 4.78 is 1.85. The Bertz CT molecular complexity index is 437. The molecule has 0 spiro atoms. The summed E-state index contributed by atoms with van der Waals surface area (Å²) in [6.07, 6.45) is 2.78. The minimum Gasteiger partial charge on any atom is -0.302 e. The average molecular weight is 302 g/mol. The first kappa shape index (κ1) is 17.4. The number of halogens is 1. The van der Waals surface area contributed by atoms with Crippen LogP contribution in [-0.4, -0.2) is 40.4 Å². The minimum atomic E-state index is -0.00372. The lowest BCUT2D eigenvalue weighted by atomic mass is 9.81. The second-order valence-electron chi connectivity index (χ2n) is 5.60. The van der Waals surface area contributed by atoms with Crippen molar-refractivity contribution in [2.45, 2.75) is 51.6 Å². The van der Waals surface area contributed by atoms with Crippen LogP contribution in [0.1, 0.15) is 38.1 Å². The molecule has 0 aliphatic rings. The lowest BCUT2D eigenvalue weighted by molar-refractivity contribution is 0.0874. The van der Waals surface area contributed by atoms with Crippen molar-refractivity contribution in [3.8, 4) is 0 Å². The molecule has 116 valence electrons. The van der Waals surface area contributed by atoms with Gasteiger partial charge in [-0.05, 0) is 33.9 Å². The van der Waals surface area contributed by atoms with Gasteiger partial charge in [-0.15, -0.1) is 0 Å². The molecule has 6 heteroatoms. The van der Waals surface area contributed by atoms with Gasteiger partial charge in [0.15, 0.2) is 0 Å². The molecule has 0 aliphatic carbocycles. The highest BCUT2D eigenvalue weighted by atomic mass is 35.5. The third-order valence-electron chi connectivity index (χ3n) is 4.62. The van der Waals surface area contributed by atoms with E-state index in [9.17, 15) is 0 Å². The predicted octanol–water partition coefficient (Wildman–Crippen LogP) is 1.88. The van der Waals surface area contributed by atoms with Gasteiger partial charge >= 0.3 is 0 Å². The Balaban J connectivity index is 3.13. The fourth-order valence-corrected chi connectivity index (χ4v) is 3.42. The highest BCUT2D eigenvalue weighted by molar-refractivity contribution is 6.31. The Labute approximate surface area is 127 Å². The van der Waals surface area contributed by atoms with Crippen molar-refractivity contribution in [1.29, 1.82) is 0 Å². The van der Waals surface area contributed by atoms with Gasteiger partial charge in [-0.3, -0.25) is 16.0 Å². The number of hydrogen-bond acceptors (Lipinski definition) is 4. The molecule has 0 aromatic carbocycles. The topological polar surface area (TPSA) is 59.1 Å². The van der Waals surface area contributed by atoms with E-state index in [0.717, 1.165) is 35.7 Å². The third kappa shape index (κ3) is 3.01. The van der Waals surface area contributed by atoms with Gasteiger partial charge in [-0.2, -0.15) is 5.10 Å². The van der Waals surface area contributed by atoms with Crippen LogP contribution in [0, 0.1) is 6.92 Å². The van der Waals surface area contributed by atoms with Crippen molar-refractivity contribution in [3.63, 3.8) is 0 Å². The summed E-state index contributed by atoms with van der Waals surface area (Å²) in [5.41, 5.74) is 4.89. The number of aryl methyl sites for hydroxylation is 2. The molecule has 1 aromatic heterocycles. The van der Waals surface area contributed by atoms with Gasteiger partial charge in [-0.1, -0.05) is 25.4 Å². The van der Waals surface area contributed by atoms with Crippen LogP contribution in [0.5, 0.6) is 0 Å². The summed E-state index contributed by atoms with van der Waals surface area (Å²) in [6, 6.07) is 0.111. The molecule has 0 saturated heterocycles. The second-order valence-corrected chi connectivity index (χ2v) is 5.98. The summed E-state index contributed by atoms with van der Waals surface area (Å²) in [6.45, 7) is 6.32. The smallest absolute Gasteiger partial charge is 0.0847 e. The van der Waals surface area contributed by atoms with Gasteiger partial charge in [0.05, 0.1) is 16.4 Å². The molecule has 3 N–H and O–H groups in total. The summed E-state index contributed by atoms with van der Waals surface area (Å²) in [5.74, 6) is 5.85. The number of likely N-dealkylation sites (N-methyl/N-ethyl adjacent to an activating group) is 1. The van der Waals surface area contributed by atoms with E-state index in [1.165, 1.54) is 0 Å². The molecule has 0 bridgehead atoms. The van der Waals surface area contributed by atoms with Crippen molar-refractivity contribution in [3.05, 3.63) is 16.4 Å². The number of hydrazine groups is 1. The van der Waals surface area contributed by atoms with Crippen molar-refractivity contribution in [2.24, 2.45) is 12.9 Å². The van der Waals surface area contributed by atoms with Gasteiger partial charge < -0.3 is 4.90 Å².